The van der Waals surface area contributed by atoms with Crippen molar-refractivity contribution in [3.63, 3.8) is 0 Å². The lowest BCUT2D eigenvalue weighted by Crippen LogP contribution is -2.04. The summed E-state index contributed by atoms with van der Waals surface area (Å²) in [5, 5.41) is 4.19. The molecule has 1 heterocycles. The second-order valence-electron chi connectivity index (χ2n) is 4.44. The van der Waals surface area contributed by atoms with Crippen molar-refractivity contribution in [2.24, 2.45) is 0 Å². The van der Waals surface area contributed by atoms with Crippen molar-refractivity contribution in [1.82, 2.24) is 4.98 Å². The lowest BCUT2D eigenvalue weighted by molar-refractivity contribution is 0.625. The van der Waals surface area contributed by atoms with Gasteiger partial charge in [-0.25, -0.2) is 9.37 Å². The van der Waals surface area contributed by atoms with E-state index >= 15 is 0 Å². The van der Waals surface area contributed by atoms with Crippen molar-refractivity contribution >= 4 is 42.6 Å². The first-order chi connectivity index (χ1) is 9.70. The van der Waals surface area contributed by atoms with Crippen molar-refractivity contribution in [3.05, 3.63) is 58.3 Å². The van der Waals surface area contributed by atoms with E-state index in [9.17, 15) is 4.39 Å². The Morgan fingerprint density at radius 1 is 1.20 bits per heavy atom. The summed E-state index contributed by atoms with van der Waals surface area (Å²) >= 11 is 5.07. The van der Waals surface area contributed by atoms with Gasteiger partial charge in [-0.1, -0.05) is 39.4 Å². The lowest BCUT2D eigenvalue weighted by atomic mass is 10.1. The van der Waals surface area contributed by atoms with Crippen molar-refractivity contribution in [1.29, 1.82) is 0 Å². The summed E-state index contributed by atoms with van der Waals surface area (Å²) in [5.74, 6) is -0.188. The Morgan fingerprint density at radius 3 is 2.95 bits per heavy atom. The van der Waals surface area contributed by atoms with Crippen LogP contribution in [0.15, 0.2) is 46.9 Å². The van der Waals surface area contributed by atoms with Crippen LogP contribution in [0.2, 0.25) is 0 Å². The van der Waals surface area contributed by atoms with E-state index in [1.54, 1.807) is 23.5 Å². The van der Waals surface area contributed by atoms with Gasteiger partial charge in [-0.2, -0.15) is 0 Å². The number of rotatable bonds is 4. The first-order valence-corrected chi connectivity index (χ1v) is 7.86. The van der Waals surface area contributed by atoms with Crippen molar-refractivity contribution < 1.29 is 4.39 Å². The van der Waals surface area contributed by atoms with Crippen molar-refractivity contribution in [2.75, 3.05) is 11.9 Å². The van der Waals surface area contributed by atoms with Gasteiger partial charge in [-0.3, -0.25) is 0 Å². The summed E-state index contributed by atoms with van der Waals surface area (Å²) in [6.45, 7) is 0.741. The molecule has 0 saturated heterocycles. The summed E-state index contributed by atoms with van der Waals surface area (Å²) in [7, 11) is 0. The maximum absolute atomic E-state index is 13.1. The van der Waals surface area contributed by atoms with E-state index in [-0.39, 0.29) is 5.82 Å². The second-order valence-corrected chi connectivity index (χ2v) is 6.38. The summed E-state index contributed by atoms with van der Waals surface area (Å²) in [6, 6.07) is 12.8. The summed E-state index contributed by atoms with van der Waals surface area (Å²) in [4.78, 5) is 4.53. The predicted octanol–water partition coefficient (Wildman–Crippen LogP) is 4.85. The van der Waals surface area contributed by atoms with Crippen molar-refractivity contribution in [2.45, 2.75) is 6.42 Å². The average Bonchev–Trinajstić information content (AvgIpc) is 2.80. The maximum atomic E-state index is 13.1. The number of fused-ring (bicyclic) bond motifs is 1. The molecule has 2 aromatic carbocycles. The van der Waals surface area contributed by atoms with Crippen LogP contribution < -0.4 is 5.32 Å². The molecule has 0 aliphatic heterocycles. The number of benzene rings is 2. The highest BCUT2D eigenvalue weighted by Gasteiger charge is 2.04. The molecular weight excluding hydrogens is 339 g/mol. The number of hydrogen-bond donors (Lipinski definition) is 1. The zero-order chi connectivity index (χ0) is 13.9. The molecule has 1 aromatic heterocycles. The van der Waals surface area contributed by atoms with Gasteiger partial charge in [0.05, 0.1) is 10.2 Å². The number of halogens is 2. The third kappa shape index (κ3) is 3.16. The van der Waals surface area contributed by atoms with Gasteiger partial charge in [-0.15, -0.1) is 0 Å². The Balaban J connectivity index is 1.65. The molecule has 2 nitrogen and oxygen atoms in total. The third-order valence-electron chi connectivity index (χ3n) is 2.93. The van der Waals surface area contributed by atoms with Gasteiger partial charge in [0.1, 0.15) is 5.82 Å². The molecule has 0 aliphatic rings. The lowest BCUT2D eigenvalue weighted by Gasteiger charge is -2.02. The summed E-state index contributed by atoms with van der Waals surface area (Å²) in [5.41, 5.74) is 1.97. The van der Waals surface area contributed by atoms with Gasteiger partial charge in [0.15, 0.2) is 5.13 Å². The number of nitrogens with one attached hydrogen (secondary N) is 1. The molecule has 0 unspecified atom stereocenters. The highest BCUT2D eigenvalue weighted by molar-refractivity contribution is 9.10. The Bertz CT molecular complexity index is 742. The molecule has 0 aliphatic carbocycles. The molecule has 1 N–H and O–H groups in total. The molecule has 0 radical (unpaired) electrons. The minimum Gasteiger partial charge on any atom is -0.361 e. The van der Waals surface area contributed by atoms with Crippen LogP contribution in [-0.4, -0.2) is 11.5 Å². The molecule has 0 bridgehead atoms. The molecule has 3 rings (SSSR count). The zero-order valence-electron chi connectivity index (χ0n) is 10.6. The van der Waals surface area contributed by atoms with Gasteiger partial charge in [0.25, 0.3) is 0 Å². The molecule has 3 aromatic rings. The van der Waals surface area contributed by atoms with E-state index in [0.717, 1.165) is 38.3 Å². The maximum Gasteiger partial charge on any atom is 0.183 e. The molecular formula is C15H12BrFN2S. The fraction of sp³-hybridized carbons (Fsp3) is 0.133. The monoisotopic (exact) mass is 350 g/mol. The Labute approximate surface area is 128 Å². The van der Waals surface area contributed by atoms with Crippen LogP contribution in [0, 0.1) is 5.82 Å². The number of hydrogen-bond acceptors (Lipinski definition) is 3. The minimum atomic E-state index is -0.188. The van der Waals surface area contributed by atoms with E-state index in [1.807, 2.05) is 18.2 Å². The van der Waals surface area contributed by atoms with E-state index in [2.05, 4.69) is 32.3 Å². The standard InChI is InChI=1S/C15H12BrFN2S/c16-11-4-5-14-13(9-11)19-15(20-14)18-7-6-10-2-1-3-12(17)8-10/h1-5,8-9H,6-7H2,(H,18,19). The smallest absolute Gasteiger partial charge is 0.183 e. The normalized spacial score (nSPS) is 10.9. The number of thiazole rings is 1. The van der Waals surface area contributed by atoms with Crippen LogP contribution in [0.1, 0.15) is 5.56 Å². The third-order valence-corrected chi connectivity index (χ3v) is 4.42. The first-order valence-electron chi connectivity index (χ1n) is 6.25. The van der Waals surface area contributed by atoms with Crippen LogP contribution in [-0.2, 0) is 6.42 Å². The largest absolute Gasteiger partial charge is 0.361 e. The molecule has 5 heteroatoms. The van der Waals surface area contributed by atoms with Crippen LogP contribution in [0.25, 0.3) is 10.2 Å². The summed E-state index contributed by atoms with van der Waals surface area (Å²) < 4.78 is 15.2. The number of nitrogens with zero attached hydrogens (tertiary/aromatic N) is 1. The predicted molar refractivity (Wildman–Crippen MR) is 85.9 cm³/mol. The van der Waals surface area contributed by atoms with E-state index in [4.69, 9.17) is 0 Å². The minimum absolute atomic E-state index is 0.188. The van der Waals surface area contributed by atoms with Gasteiger partial charge < -0.3 is 5.32 Å². The van der Waals surface area contributed by atoms with Gasteiger partial charge >= 0.3 is 0 Å². The van der Waals surface area contributed by atoms with E-state index in [0.29, 0.717) is 0 Å². The van der Waals surface area contributed by atoms with Gasteiger partial charge in [0, 0.05) is 11.0 Å². The fourth-order valence-electron chi connectivity index (χ4n) is 1.98. The first kappa shape index (κ1) is 13.5. The van der Waals surface area contributed by atoms with E-state index in [1.165, 1.54) is 6.07 Å². The fourth-order valence-corrected chi connectivity index (χ4v) is 3.20. The molecule has 0 amide bonds. The molecule has 20 heavy (non-hydrogen) atoms. The molecule has 0 spiro atoms. The van der Waals surface area contributed by atoms with Crippen molar-refractivity contribution in [3.8, 4) is 0 Å². The van der Waals surface area contributed by atoms with Crippen LogP contribution in [0.4, 0.5) is 9.52 Å². The quantitative estimate of drug-likeness (QED) is 0.727. The Hall–Kier alpha value is -1.46. The SMILES string of the molecule is Fc1cccc(CCNc2nc3cc(Br)ccc3s2)c1. The zero-order valence-corrected chi connectivity index (χ0v) is 13.0. The Kier molecular flexibility index (Phi) is 3.98. The van der Waals surface area contributed by atoms with Crippen LogP contribution in [0.5, 0.6) is 0 Å². The topological polar surface area (TPSA) is 24.9 Å². The van der Waals surface area contributed by atoms with Crippen LogP contribution in [0.3, 0.4) is 0 Å². The van der Waals surface area contributed by atoms with Gasteiger partial charge in [0.2, 0.25) is 0 Å². The van der Waals surface area contributed by atoms with Crippen LogP contribution >= 0.6 is 27.3 Å². The van der Waals surface area contributed by atoms with E-state index < -0.39 is 0 Å². The summed E-state index contributed by atoms with van der Waals surface area (Å²) in [6.07, 6.45) is 0.775. The van der Waals surface area contributed by atoms with Gasteiger partial charge in [-0.05, 0) is 42.3 Å². The number of aromatic nitrogens is 1. The molecule has 102 valence electrons. The highest BCUT2D eigenvalue weighted by Crippen LogP contribution is 2.28. The molecule has 0 fully saturated rings. The molecule has 0 atom stereocenters. The highest BCUT2D eigenvalue weighted by atomic mass is 79.9. The second kappa shape index (κ2) is 5.89. The molecule has 0 saturated carbocycles. The average molecular weight is 351 g/mol. The number of anilines is 1. The Morgan fingerprint density at radius 2 is 2.10 bits per heavy atom.